The van der Waals surface area contributed by atoms with E-state index in [0.717, 1.165) is 6.08 Å². The first kappa shape index (κ1) is 19.8. The van der Waals surface area contributed by atoms with Gasteiger partial charge in [0.15, 0.2) is 6.10 Å². The Morgan fingerprint density at radius 1 is 1.07 bits per heavy atom. The summed E-state index contributed by atoms with van der Waals surface area (Å²) in [6.07, 6.45) is 1.52. The average molecular weight is 371 g/mol. The molecule has 2 rings (SSSR count). The van der Waals surface area contributed by atoms with Crippen molar-refractivity contribution in [2.75, 3.05) is 12.4 Å². The quantitative estimate of drug-likeness (QED) is 0.623. The van der Waals surface area contributed by atoms with Gasteiger partial charge in [0.25, 0.3) is 5.91 Å². The first-order valence-electron chi connectivity index (χ1n) is 8.03. The van der Waals surface area contributed by atoms with Crippen LogP contribution < -0.4 is 5.32 Å². The van der Waals surface area contributed by atoms with Crippen LogP contribution in [0, 0.1) is 5.82 Å². The first-order chi connectivity index (χ1) is 12.9. The van der Waals surface area contributed by atoms with Crippen molar-refractivity contribution >= 4 is 29.6 Å². The lowest BCUT2D eigenvalue weighted by Gasteiger charge is -2.12. The van der Waals surface area contributed by atoms with Crippen LogP contribution in [0.1, 0.15) is 22.8 Å². The third-order valence-corrected chi connectivity index (χ3v) is 3.54. The van der Waals surface area contributed by atoms with Gasteiger partial charge >= 0.3 is 11.9 Å². The third-order valence-electron chi connectivity index (χ3n) is 3.54. The summed E-state index contributed by atoms with van der Waals surface area (Å²) in [7, 11) is 1.29. The molecule has 0 unspecified atom stereocenters. The van der Waals surface area contributed by atoms with Gasteiger partial charge in [0.2, 0.25) is 0 Å². The molecule has 0 heterocycles. The summed E-state index contributed by atoms with van der Waals surface area (Å²) in [5.41, 5.74) is 1.05. The molecule has 6 nitrogen and oxygen atoms in total. The van der Waals surface area contributed by atoms with Crippen LogP contribution in [-0.2, 0) is 19.1 Å². The SMILES string of the molecule is COC(=O)c1ccc(/C=C/C(=O)O[C@@H](C)C(=O)Nc2ccccc2F)cc1. The van der Waals surface area contributed by atoms with Crippen molar-refractivity contribution in [3.05, 3.63) is 71.6 Å². The second-order valence-corrected chi connectivity index (χ2v) is 5.50. The zero-order chi connectivity index (χ0) is 19.8. The highest BCUT2D eigenvalue weighted by molar-refractivity contribution is 5.96. The predicted molar refractivity (Wildman–Crippen MR) is 97.4 cm³/mol. The zero-order valence-corrected chi connectivity index (χ0v) is 14.8. The Labute approximate surface area is 155 Å². The second kappa shape index (κ2) is 9.28. The van der Waals surface area contributed by atoms with Gasteiger partial charge < -0.3 is 14.8 Å². The van der Waals surface area contributed by atoms with Crippen LogP contribution in [0.15, 0.2) is 54.6 Å². The zero-order valence-electron chi connectivity index (χ0n) is 14.8. The molecule has 0 bridgehead atoms. The minimum Gasteiger partial charge on any atom is -0.465 e. The van der Waals surface area contributed by atoms with Gasteiger partial charge in [-0.15, -0.1) is 0 Å². The minimum absolute atomic E-state index is 0.00615. The van der Waals surface area contributed by atoms with Crippen molar-refractivity contribution in [3.8, 4) is 0 Å². The van der Waals surface area contributed by atoms with Gasteiger partial charge in [0, 0.05) is 6.08 Å². The molecule has 1 atom stereocenters. The number of carbonyl (C=O) groups excluding carboxylic acids is 3. The van der Waals surface area contributed by atoms with Crippen molar-refractivity contribution in [2.24, 2.45) is 0 Å². The number of anilines is 1. The number of rotatable bonds is 6. The van der Waals surface area contributed by atoms with E-state index in [1.165, 1.54) is 38.3 Å². The number of halogens is 1. The fraction of sp³-hybridized carbons (Fsp3) is 0.150. The van der Waals surface area contributed by atoms with Gasteiger partial charge in [-0.25, -0.2) is 14.0 Å². The molecule has 140 valence electrons. The van der Waals surface area contributed by atoms with Crippen molar-refractivity contribution in [2.45, 2.75) is 13.0 Å². The van der Waals surface area contributed by atoms with E-state index in [4.69, 9.17) is 4.74 Å². The lowest BCUT2D eigenvalue weighted by Crippen LogP contribution is -2.29. The fourth-order valence-electron chi connectivity index (χ4n) is 2.08. The first-order valence-corrected chi connectivity index (χ1v) is 8.03. The van der Waals surface area contributed by atoms with Gasteiger partial charge in [-0.1, -0.05) is 24.3 Å². The number of methoxy groups -OCH3 is 1. The maximum absolute atomic E-state index is 13.5. The van der Waals surface area contributed by atoms with E-state index in [1.807, 2.05) is 0 Å². The average Bonchev–Trinajstić information content (AvgIpc) is 2.67. The number of para-hydroxylation sites is 1. The van der Waals surface area contributed by atoms with Gasteiger partial charge in [-0.05, 0) is 42.8 Å². The van der Waals surface area contributed by atoms with E-state index in [0.29, 0.717) is 11.1 Å². The van der Waals surface area contributed by atoms with Crippen molar-refractivity contribution < 1.29 is 28.2 Å². The molecular weight excluding hydrogens is 353 g/mol. The highest BCUT2D eigenvalue weighted by Crippen LogP contribution is 2.13. The molecule has 0 saturated heterocycles. The molecule has 0 spiro atoms. The standard InChI is InChI=1S/C20H18FNO5/c1-13(19(24)22-17-6-4-3-5-16(17)21)27-18(23)12-9-14-7-10-15(11-8-14)20(25)26-2/h3-13H,1-2H3,(H,22,24)/b12-9+/t13-/m0/s1. The highest BCUT2D eigenvalue weighted by Gasteiger charge is 2.17. The summed E-state index contributed by atoms with van der Waals surface area (Å²) in [6.45, 7) is 1.38. The maximum atomic E-state index is 13.5. The second-order valence-electron chi connectivity index (χ2n) is 5.50. The molecule has 0 fully saturated rings. The van der Waals surface area contributed by atoms with Crippen LogP contribution in [0.25, 0.3) is 6.08 Å². The smallest absolute Gasteiger partial charge is 0.337 e. The summed E-state index contributed by atoms with van der Waals surface area (Å²) in [5.74, 6) is -2.42. The Morgan fingerprint density at radius 2 is 1.74 bits per heavy atom. The number of nitrogens with one attached hydrogen (secondary N) is 1. The van der Waals surface area contributed by atoms with E-state index in [1.54, 1.807) is 30.3 Å². The fourth-order valence-corrected chi connectivity index (χ4v) is 2.08. The van der Waals surface area contributed by atoms with Crippen molar-refractivity contribution in [1.29, 1.82) is 0 Å². The molecular formula is C20H18FNO5. The van der Waals surface area contributed by atoms with Gasteiger partial charge in [-0.2, -0.15) is 0 Å². The van der Waals surface area contributed by atoms with E-state index >= 15 is 0 Å². The molecule has 7 heteroatoms. The molecule has 0 aliphatic heterocycles. The summed E-state index contributed by atoms with van der Waals surface area (Å²) in [6, 6.07) is 12.1. The molecule has 0 aliphatic carbocycles. The number of benzene rings is 2. The predicted octanol–water partition coefficient (Wildman–Crippen LogP) is 3.20. The number of esters is 2. The van der Waals surface area contributed by atoms with E-state index < -0.39 is 29.8 Å². The third kappa shape index (κ3) is 5.78. The molecule has 0 aromatic heterocycles. The Hall–Kier alpha value is -3.48. The molecule has 27 heavy (non-hydrogen) atoms. The largest absolute Gasteiger partial charge is 0.465 e. The number of amides is 1. The van der Waals surface area contributed by atoms with Gasteiger partial charge in [0.1, 0.15) is 5.82 Å². The number of hydrogen-bond acceptors (Lipinski definition) is 5. The number of ether oxygens (including phenoxy) is 2. The molecule has 2 aromatic rings. The monoisotopic (exact) mass is 371 g/mol. The molecule has 0 saturated carbocycles. The highest BCUT2D eigenvalue weighted by atomic mass is 19.1. The van der Waals surface area contributed by atoms with Crippen molar-refractivity contribution in [1.82, 2.24) is 0 Å². The van der Waals surface area contributed by atoms with Crippen LogP contribution in [0.3, 0.4) is 0 Å². The lowest BCUT2D eigenvalue weighted by molar-refractivity contribution is -0.148. The Balaban J connectivity index is 1.90. The Kier molecular flexibility index (Phi) is 6.82. The summed E-state index contributed by atoms with van der Waals surface area (Å²) in [5, 5.41) is 2.35. The summed E-state index contributed by atoms with van der Waals surface area (Å²) in [4.78, 5) is 35.2. The molecule has 1 N–H and O–H groups in total. The van der Waals surface area contributed by atoms with E-state index in [2.05, 4.69) is 10.1 Å². The Bertz CT molecular complexity index is 861. The Morgan fingerprint density at radius 3 is 2.37 bits per heavy atom. The summed E-state index contributed by atoms with van der Waals surface area (Å²) < 4.78 is 23.1. The molecule has 0 aliphatic rings. The lowest BCUT2D eigenvalue weighted by atomic mass is 10.1. The van der Waals surface area contributed by atoms with Crippen LogP contribution in [0.2, 0.25) is 0 Å². The topological polar surface area (TPSA) is 81.7 Å². The van der Waals surface area contributed by atoms with Crippen LogP contribution >= 0.6 is 0 Å². The summed E-state index contributed by atoms with van der Waals surface area (Å²) >= 11 is 0. The normalized spacial score (nSPS) is 11.7. The van der Waals surface area contributed by atoms with E-state index in [9.17, 15) is 18.8 Å². The van der Waals surface area contributed by atoms with Crippen molar-refractivity contribution in [3.63, 3.8) is 0 Å². The molecule has 1 amide bonds. The molecule has 2 aromatic carbocycles. The van der Waals surface area contributed by atoms with Gasteiger partial charge in [-0.3, -0.25) is 4.79 Å². The van der Waals surface area contributed by atoms with Crippen LogP contribution in [0.4, 0.5) is 10.1 Å². The number of hydrogen-bond donors (Lipinski definition) is 1. The van der Waals surface area contributed by atoms with Crippen LogP contribution in [-0.4, -0.2) is 31.1 Å². The van der Waals surface area contributed by atoms with Crippen LogP contribution in [0.5, 0.6) is 0 Å². The number of carbonyl (C=O) groups is 3. The maximum Gasteiger partial charge on any atom is 0.337 e. The van der Waals surface area contributed by atoms with E-state index in [-0.39, 0.29) is 5.69 Å². The minimum atomic E-state index is -1.11. The van der Waals surface area contributed by atoms with Gasteiger partial charge in [0.05, 0.1) is 18.4 Å². The molecule has 0 radical (unpaired) electrons.